The van der Waals surface area contributed by atoms with Gasteiger partial charge < -0.3 is 10.2 Å². The summed E-state index contributed by atoms with van der Waals surface area (Å²) in [5.74, 6) is 0.969. The lowest BCUT2D eigenvalue weighted by Gasteiger charge is -2.18. The third-order valence-electron chi connectivity index (χ3n) is 4.92. The molecule has 3 heterocycles. The van der Waals surface area contributed by atoms with Gasteiger partial charge in [-0.15, -0.1) is 0 Å². The highest BCUT2D eigenvalue weighted by atomic mass is 32.2. The van der Waals surface area contributed by atoms with E-state index in [-0.39, 0.29) is 0 Å². The second-order valence-corrected chi connectivity index (χ2v) is 8.81. The summed E-state index contributed by atoms with van der Waals surface area (Å²) in [4.78, 5) is 12.0. The molecule has 0 bridgehead atoms. The van der Waals surface area contributed by atoms with Gasteiger partial charge in [0.15, 0.2) is 10.3 Å². The molecule has 6 heteroatoms. The van der Waals surface area contributed by atoms with Gasteiger partial charge in [0.1, 0.15) is 0 Å². The van der Waals surface area contributed by atoms with Crippen LogP contribution >= 0.6 is 23.5 Å². The molecule has 2 unspecified atom stereocenters. The van der Waals surface area contributed by atoms with Crippen LogP contribution in [0.3, 0.4) is 0 Å². The van der Waals surface area contributed by atoms with Crippen molar-refractivity contribution in [2.45, 2.75) is 44.7 Å². The Labute approximate surface area is 164 Å². The molecule has 0 aliphatic carbocycles. The summed E-state index contributed by atoms with van der Waals surface area (Å²) >= 11 is 3.60. The molecule has 0 radical (unpaired) electrons. The van der Waals surface area contributed by atoms with Gasteiger partial charge in [0.2, 0.25) is 0 Å². The lowest BCUT2D eigenvalue weighted by atomic mass is 10.1. The second-order valence-electron chi connectivity index (χ2n) is 7.01. The van der Waals surface area contributed by atoms with Crippen LogP contribution in [0, 0.1) is 0 Å². The van der Waals surface area contributed by atoms with E-state index in [1.165, 1.54) is 35.7 Å². The molecule has 4 nitrogen and oxygen atoms in total. The zero-order valence-corrected chi connectivity index (χ0v) is 16.9. The Morgan fingerprint density at radius 1 is 1.31 bits per heavy atom. The van der Waals surface area contributed by atoms with Gasteiger partial charge in [-0.05, 0) is 23.8 Å². The van der Waals surface area contributed by atoms with E-state index in [9.17, 15) is 0 Å². The molecule has 1 aromatic carbocycles. The maximum atomic E-state index is 4.92. The van der Waals surface area contributed by atoms with E-state index >= 15 is 0 Å². The van der Waals surface area contributed by atoms with Crippen molar-refractivity contribution in [3.8, 4) is 0 Å². The van der Waals surface area contributed by atoms with E-state index in [2.05, 4.69) is 57.9 Å². The molecule has 0 spiro atoms. The Balaban J connectivity index is 1.25. The topological polar surface area (TPSA) is 40.0 Å². The molecule has 0 saturated heterocycles. The molecule has 1 N–H and O–H groups in total. The van der Waals surface area contributed by atoms with E-state index in [0.717, 1.165) is 30.4 Å². The first-order valence-electron chi connectivity index (χ1n) is 9.50. The Bertz CT molecular complexity index is 714. The van der Waals surface area contributed by atoms with Crippen molar-refractivity contribution in [2.24, 2.45) is 9.98 Å². The number of thioether (sulfide) groups is 2. The number of hydrogen-bond acceptors (Lipinski definition) is 6. The smallest absolute Gasteiger partial charge is 0.168 e. The van der Waals surface area contributed by atoms with Crippen LogP contribution in [-0.2, 0) is 6.42 Å². The van der Waals surface area contributed by atoms with Gasteiger partial charge >= 0.3 is 0 Å². The predicted molar refractivity (Wildman–Crippen MR) is 115 cm³/mol. The normalized spacial score (nSPS) is 24.2. The van der Waals surface area contributed by atoms with Crippen LogP contribution in [0.1, 0.15) is 31.7 Å². The fraction of sp³-hybridized carbons (Fsp3) is 0.500. The minimum atomic E-state index is 0.369. The Kier molecular flexibility index (Phi) is 5.90. The number of nitrogens with zero attached hydrogens (tertiary/aromatic N) is 3. The molecule has 0 fully saturated rings. The first-order chi connectivity index (χ1) is 12.8. The van der Waals surface area contributed by atoms with E-state index in [4.69, 9.17) is 4.99 Å². The SMILES string of the molecule is CCCCC1CN=C(SCC2=CSC3=NC(Cc4ccccc4)CN23)N1. The summed E-state index contributed by atoms with van der Waals surface area (Å²) in [7, 11) is 0. The van der Waals surface area contributed by atoms with Crippen molar-refractivity contribution in [2.75, 3.05) is 18.8 Å². The monoisotopic (exact) mass is 386 g/mol. The van der Waals surface area contributed by atoms with Crippen LogP contribution in [0.4, 0.5) is 0 Å². The number of unbranched alkanes of at least 4 members (excludes halogenated alkanes) is 1. The minimum absolute atomic E-state index is 0.369. The molecule has 0 amide bonds. The molecule has 1 aromatic rings. The van der Waals surface area contributed by atoms with Crippen LogP contribution < -0.4 is 5.32 Å². The van der Waals surface area contributed by atoms with E-state index in [0.29, 0.717) is 12.1 Å². The minimum Gasteiger partial charge on any atom is -0.360 e. The highest BCUT2D eigenvalue weighted by Gasteiger charge is 2.32. The fourth-order valence-corrected chi connectivity index (χ4v) is 5.51. The highest BCUT2D eigenvalue weighted by Crippen LogP contribution is 2.34. The van der Waals surface area contributed by atoms with Crippen LogP contribution in [0.2, 0.25) is 0 Å². The van der Waals surface area contributed by atoms with Gasteiger partial charge in [-0.2, -0.15) is 0 Å². The van der Waals surface area contributed by atoms with Crippen LogP contribution in [-0.4, -0.2) is 46.2 Å². The number of hydrogen-bond donors (Lipinski definition) is 1. The zero-order valence-electron chi connectivity index (χ0n) is 15.2. The van der Waals surface area contributed by atoms with Crippen molar-refractivity contribution in [1.29, 1.82) is 0 Å². The first-order valence-corrected chi connectivity index (χ1v) is 11.4. The van der Waals surface area contributed by atoms with Crippen molar-refractivity contribution in [1.82, 2.24) is 10.2 Å². The number of fused-ring (bicyclic) bond motifs is 1. The van der Waals surface area contributed by atoms with E-state index in [1.807, 2.05) is 11.8 Å². The lowest BCUT2D eigenvalue weighted by molar-refractivity contribution is 0.512. The highest BCUT2D eigenvalue weighted by molar-refractivity contribution is 8.17. The Hall–Kier alpha value is -1.40. The third-order valence-corrected chi connectivity index (χ3v) is 6.81. The first kappa shape index (κ1) is 18.0. The fourth-order valence-electron chi connectivity index (χ4n) is 3.48. The number of nitrogens with one attached hydrogen (secondary N) is 1. The van der Waals surface area contributed by atoms with Crippen LogP contribution in [0.25, 0.3) is 0 Å². The van der Waals surface area contributed by atoms with Gasteiger partial charge in [0, 0.05) is 24.0 Å². The van der Waals surface area contributed by atoms with Gasteiger partial charge in [0.25, 0.3) is 0 Å². The molecule has 0 aromatic heterocycles. The molecule has 2 atom stereocenters. The van der Waals surface area contributed by atoms with E-state index in [1.54, 1.807) is 11.8 Å². The molecule has 0 saturated carbocycles. The molecular formula is C20H26N4S2. The van der Waals surface area contributed by atoms with Crippen molar-refractivity contribution in [3.63, 3.8) is 0 Å². The second kappa shape index (κ2) is 8.53. The quantitative estimate of drug-likeness (QED) is 0.766. The summed E-state index contributed by atoms with van der Waals surface area (Å²) < 4.78 is 0. The number of benzene rings is 1. The average Bonchev–Trinajstić information content (AvgIpc) is 3.35. The largest absolute Gasteiger partial charge is 0.360 e. The molecule has 3 aliphatic rings. The number of aliphatic imine (C=N–C) groups is 2. The lowest BCUT2D eigenvalue weighted by Crippen LogP contribution is -2.29. The zero-order chi connectivity index (χ0) is 17.8. The number of rotatable bonds is 7. The van der Waals surface area contributed by atoms with E-state index < -0.39 is 0 Å². The molecular weight excluding hydrogens is 360 g/mol. The maximum absolute atomic E-state index is 4.92. The van der Waals surface area contributed by atoms with Gasteiger partial charge in [-0.3, -0.25) is 9.98 Å². The van der Waals surface area contributed by atoms with Gasteiger partial charge in [-0.25, -0.2) is 0 Å². The summed E-state index contributed by atoms with van der Waals surface area (Å²) in [5.41, 5.74) is 2.74. The van der Waals surface area contributed by atoms with Crippen molar-refractivity contribution >= 4 is 33.9 Å². The Morgan fingerprint density at radius 2 is 2.19 bits per heavy atom. The molecule has 138 valence electrons. The maximum Gasteiger partial charge on any atom is 0.168 e. The predicted octanol–water partition coefficient (Wildman–Crippen LogP) is 4.11. The molecule has 4 rings (SSSR count). The van der Waals surface area contributed by atoms with Crippen molar-refractivity contribution < 1.29 is 0 Å². The number of amidine groups is 2. The summed E-state index contributed by atoms with van der Waals surface area (Å²) in [6.07, 6.45) is 4.79. The summed E-state index contributed by atoms with van der Waals surface area (Å²) in [6, 6.07) is 11.6. The summed E-state index contributed by atoms with van der Waals surface area (Å²) in [5, 5.41) is 8.12. The van der Waals surface area contributed by atoms with Crippen LogP contribution in [0.15, 0.2) is 51.4 Å². The molecule has 3 aliphatic heterocycles. The summed E-state index contributed by atoms with van der Waals surface area (Å²) in [6.45, 7) is 4.18. The van der Waals surface area contributed by atoms with Crippen molar-refractivity contribution in [3.05, 3.63) is 47.0 Å². The van der Waals surface area contributed by atoms with Gasteiger partial charge in [-0.1, -0.05) is 73.6 Å². The van der Waals surface area contributed by atoms with Gasteiger partial charge in [0.05, 0.1) is 12.6 Å². The Morgan fingerprint density at radius 3 is 3.04 bits per heavy atom. The van der Waals surface area contributed by atoms with Crippen LogP contribution in [0.5, 0.6) is 0 Å². The third kappa shape index (κ3) is 4.29. The average molecular weight is 387 g/mol. The standard InChI is InChI=1S/C20H26N4S2/c1-2-3-9-16-11-21-19(22-16)25-13-18-14-26-20-23-17(12-24(18)20)10-15-7-5-4-6-8-15/h4-8,14,16-17H,2-3,9-13H2,1H3,(H,21,22). The molecule has 26 heavy (non-hydrogen) atoms.